The van der Waals surface area contributed by atoms with E-state index < -0.39 is 41.1 Å². The maximum Gasteiger partial charge on any atom is 0.338 e. The predicted octanol–water partition coefficient (Wildman–Crippen LogP) is 3.41. The first-order valence-electron chi connectivity index (χ1n) is 8.83. The summed E-state index contributed by atoms with van der Waals surface area (Å²) in [5, 5.41) is 2.04. The van der Waals surface area contributed by atoms with E-state index in [-0.39, 0.29) is 11.5 Å². The van der Waals surface area contributed by atoms with Gasteiger partial charge in [0.15, 0.2) is 23.6 Å². The first-order chi connectivity index (χ1) is 13.8. The monoisotopic (exact) mass is 406 g/mol. The summed E-state index contributed by atoms with van der Waals surface area (Å²) < 4.78 is 44.8. The van der Waals surface area contributed by atoms with Gasteiger partial charge < -0.3 is 15.0 Å². The Morgan fingerprint density at radius 3 is 2.38 bits per heavy atom. The highest BCUT2D eigenvalue weighted by atomic mass is 19.2. The molecule has 0 unspecified atom stereocenters. The lowest BCUT2D eigenvalue weighted by atomic mass is 10.2. The normalized spacial score (nSPS) is 14.6. The van der Waals surface area contributed by atoms with Crippen LogP contribution in [0.3, 0.4) is 0 Å². The zero-order valence-electron chi connectivity index (χ0n) is 15.4. The number of carbonyl (C=O) groups is 3. The molecule has 29 heavy (non-hydrogen) atoms. The molecule has 9 heteroatoms. The Labute approximate surface area is 164 Å². The van der Waals surface area contributed by atoms with Crippen molar-refractivity contribution in [2.75, 3.05) is 16.8 Å². The van der Waals surface area contributed by atoms with E-state index in [1.165, 1.54) is 19.1 Å². The fourth-order valence-corrected chi connectivity index (χ4v) is 2.84. The van der Waals surface area contributed by atoms with Crippen molar-refractivity contribution in [3.8, 4) is 0 Å². The standard InChI is InChI=1S/C20H17F3N2O4/c1-11(19(27)24-15-9-8-14(21)17(22)18(15)23)29-20(28)12-4-6-13(7-5-12)25-10-2-3-16(25)26/h4-9,11H,2-3,10H2,1H3,(H,24,27)/t11-/m0/s1. The molecule has 3 rings (SSSR count). The number of carbonyl (C=O) groups excluding carboxylic acids is 3. The van der Waals surface area contributed by atoms with Crippen LogP contribution in [0.4, 0.5) is 24.5 Å². The van der Waals surface area contributed by atoms with Crippen molar-refractivity contribution in [1.29, 1.82) is 0 Å². The molecule has 1 aliphatic rings. The first kappa shape index (κ1) is 20.4. The summed E-state index contributed by atoms with van der Waals surface area (Å²) >= 11 is 0. The number of ether oxygens (including phenoxy) is 1. The first-order valence-corrected chi connectivity index (χ1v) is 8.83. The third kappa shape index (κ3) is 4.39. The Hall–Kier alpha value is -3.36. The number of amides is 2. The minimum Gasteiger partial charge on any atom is -0.449 e. The van der Waals surface area contributed by atoms with Gasteiger partial charge in [-0.05, 0) is 49.7 Å². The summed E-state index contributed by atoms with van der Waals surface area (Å²) in [6.45, 7) is 1.86. The average molecular weight is 406 g/mol. The van der Waals surface area contributed by atoms with Crippen molar-refractivity contribution >= 4 is 29.2 Å². The molecule has 1 fully saturated rings. The topological polar surface area (TPSA) is 75.7 Å². The Kier molecular flexibility index (Phi) is 5.86. The predicted molar refractivity (Wildman–Crippen MR) is 97.9 cm³/mol. The lowest BCUT2D eigenvalue weighted by molar-refractivity contribution is -0.123. The zero-order chi connectivity index (χ0) is 21.1. The van der Waals surface area contributed by atoms with E-state index >= 15 is 0 Å². The second kappa shape index (κ2) is 8.34. The van der Waals surface area contributed by atoms with Gasteiger partial charge in [-0.25, -0.2) is 18.0 Å². The molecule has 1 atom stereocenters. The van der Waals surface area contributed by atoms with Gasteiger partial charge in [-0.2, -0.15) is 0 Å². The lowest BCUT2D eigenvalue weighted by Crippen LogP contribution is -2.30. The molecule has 152 valence electrons. The SMILES string of the molecule is C[C@H](OC(=O)c1ccc(N2CCCC2=O)cc1)C(=O)Nc1ccc(F)c(F)c1F. The second-order valence-electron chi connectivity index (χ2n) is 6.46. The highest BCUT2D eigenvalue weighted by molar-refractivity contribution is 5.98. The number of hydrogen-bond acceptors (Lipinski definition) is 4. The quantitative estimate of drug-likeness (QED) is 0.610. The molecular weight excluding hydrogens is 389 g/mol. The minimum atomic E-state index is -1.72. The maximum absolute atomic E-state index is 13.6. The van der Waals surface area contributed by atoms with Gasteiger partial charge in [-0.3, -0.25) is 9.59 Å². The summed E-state index contributed by atoms with van der Waals surface area (Å²) in [6, 6.07) is 7.64. The lowest BCUT2D eigenvalue weighted by Gasteiger charge is -2.16. The van der Waals surface area contributed by atoms with Gasteiger partial charge in [0.1, 0.15) is 0 Å². The van der Waals surface area contributed by atoms with E-state index in [0.717, 1.165) is 12.5 Å². The van der Waals surface area contributed by atoms with Crippen LogP contribution in [-0.2, 0) is 14.3 Å². The summed E-state index contributed by atoms with van der Waals surface area (Å²) in [7, 11) is 0. The molecule has 6 nitrogen and oxygen atoms in total. The van der Waals surface area contributed by atoms with E-state index in [0.29, 0.717) is 24.7 Å². The Balaban J connectivity index is 1.62. The van der Waals surface area contributed by atoms with E-state index in [9.17, 15) is 27.6 Å². The van der Waals surface area contributed by atoms with Crippen molar-refractivity contribution in [3.05, 3.63) is 59.4 Å². The van der Waals surface area contributed by atoms with Crippen LogP contribution >= 0.6 is 0 Å². The van der Waals surface area contributed by atoms with Gasteiger partial charge in [-0.15, -0.1) is 0 Å². The van der Waals surface area contributed by atoms with Crippen LogP contribution in [0.5, 0.6) is 0 Å². The summed E-state index contributed by atoms with van der Waals surface area (Å²) in [5.74, 6) is -6.37. The van der Waals surface area contributed by atoms with Crippen molar-refractivity contribution in [2.45, 2.75) is 25.9 Å². The molecule has 2 aromatic rings. The maximum atomic E-state index is 13.6. The Morgan fingerprint density at radius 2 is 1.76 bits per heavy atom. The van der Waals surface area contributed by atoms with Crippen LogP contribution in [0.25, 0.3) is 0 Å². The fourth-order valence-electron chi connectivity index (χ4n) is 2.84. The third-order valence-corrected chi connectivity index (χ3v) is 4.43. The average Bonchev–Trinajstić information content (AvgIpc) is 3.14. The molecule has 1 saturated heterocycles. The molecule has 2 amide bonds. The molecular formula is C20H17F3N2O4. The number of anilines is 2. The molecule has 0 bridgehead atoms. The van der Waals surface area contributed by atoms with Crippen molar-refractivity contribution in [1.82, 2.24) is 0 Å². The number of rotatable bonds is 5. The number of hydrogen-bond donors (Lipinski definition) is 1. The number of benzene rings is 2. The molecule has 0 radical (unpaired) electrons. The Morgan fingerprint density at radius 1 is 1.07 bits per heavy atom. The number of halogens is 3. The molecule has 0 saturated carbocycles. The summed E-state index contributed by atoms with van der Waals surface area (Å²) in [5.41, 5.74) is 0.235. The molecule has 1 aliphatic heterocycles. The van der Waals surface area contributed by atoms with Gasteiger partial charge in [0, 0.05) is 18.7 Å². The van der Waals surface area contributed by atoms with Crippen LogP contribution in [-0.4, -0.2) is 30.4 Å². The summed E-state index contributed by atoms with van der Waals surface area (Å²) in [6.07, 6.45) is -0.0715. The molecule has 0 aromatic heterocycles. The highest BCUT2D eigenvalue weighted by Gasteiger charge is 2.24. The van der Waals surface area contributed by atoms with Crippen LogP contribution in [0.2, 0.25) is 0 Å². The van der Waals surface area contributed by atoms with E-state index in [1.807, 2.05) is 5.32 Å². The Bertz CT molecular complexity index is 963. The van der Waals surface area contributed by atoms with Gasteiger partial charge in [-0.1, -0.05) is 0 Å². The minimum absolute atomic E-state index is 0.00934. The van der Waals surface area contributed by atoms with Crippen molar-refractivity contribution < 1.29 is 32.3 Å². The molecule has 1 N–H and O–H groups in total. The van der Waals surface area contributed by atoms with E-state index in [2.05, 4.69) is 0 Å². The number of esters is 1. The molecule has 2 aromatic carbocycles. The van der Waals surface area contributed by atoms with Crippen molar-refractivity contribution in [2.24, 2.45) is 0 Å². The van der Waals surface area contributed by atoms with Gasteiger partial charge >= 0.3 is 5.97 Å². The van der Waals surface area contributed by atoms with Gasteiger partial charge in [0.2, 0.25) is 5.91 Å². The van der Waals surface area contributed by atoms with Gasteiger partial charge in [0.25, 0.3) is 5.91 Å². The molecule has 0 spiro atoms. The van der Waals surface area contributed by atoms with Crippen molar-refractivity contribution in [3.63, 3.8) is 0 Å². The van der Waals surface area contributed by atoms with E-state index in [1.54, 1.807) is 17.0 Å². The largest absolute Gasteiger partial charge is 0.449 e. The number of nitrogens with one attached hydrogen (secondary N) is 1. The highest BCUT2D eigenvalue weighted by Crippen LogP contribution is 2.22. The third-order valence-electron chi connectivity index (χ3n) is 4.43. The van der Waals surface area contributed by atoms with Crippen LogP contribution in [0.15, 0.2) is 36.4 Å². The van der Waals surface area contributed by atoms with Gasteiger partial charge in [0.05, 0.1) is 11.3 Å². The number of nitrogens with zero attached hydrogens (tertiary/aromatic N) is 1. The van der Waals surface area contributed by atoms with Crippen LogP contribution in [0.1, 0.15) is 30.1 Å². The molecule has 1 heterocycles. The van der Waals surface area contributed by atoms with Crippen LogP contribution < -0.4 is 10.2 Å². The fraction of sp³-hybridized carbons (Fsp3) is 0.250. The second-order valence-corrected chi connectivity index (χ2v) is 6.46. The van der Waals surface area contributed by atoms with E-state index in [4.69, 9.17) is 4.74 Å². The summed E-state index contributed by atoms with van der Waals surface area (Å²) in [4.78, 5) is 37.6. The molecule has 0 aliphatic carbocycles. The van der Waals surface area contributed by atoms with Crippen LogP contribution in [0, 0.1) is 17.5 Å². The smallest absolute Gasteiger partial charge is 0.338 e. The zero-order valence-corrected chi connectivity index (χ0v) is 15.4.